The topological polar surface area (TPSA) is 60.2 Å². The monoisotopic (exact) mass is 470 g/mol. The second-order valence-electron chi connectivity index (χ2n) is 7.77. The summed E-state index contributed by atoms with van der Waals surface area (Å²) in [5.74, 6) is 1.90. The highest BCUT2D eigenvalue weighted by atomic mass is 35.5. The van der Waals surface area contributed by atoms with E-state index in [0.29, 0.717) is 34.4 Å². The van der Waals surface area contributed by atoms with Crippen LogP contribution in [0.25, 0.3) is 17.1 Å². The van der Waals surface area contributed by atoms with Crippen molar-refractivity contribution in [3.05, 3.63) is 53.6 Å². The largest absolute Gasteiger partial charge is 0.494 e. The molecule has 1 aliphatic heterocycles. The lowest BCUT2D eigenvalue weighted by molar-refractivity contribution is -0.131. The summed E-state index contributed by atoms with van der Waals surface area (Å²) in [7, 11) is 0. The Labute approximate surface area is 197 Å². The van der Waals surface area contributed by atoms with Gasteiger partial charge in [-0.25, -0.2) is 0 Å². The molecule has 1 aromatic heterocycles. The molecule has 32 heavy (non-hydrogen) atoms. The van der Waals surface area contributed by atoms with Gasteiger partial charge in [0.1, 0.15) is 5.75 Å². The molecule has 3 aromatic rings. The van der Waals surface area contributed by atoms with Crippen LogP contribution in [0.4, 0.5) is 0 Å². The van der Waals surface area contributed by atoms with Crippen LogP contribution in [0.2, 0.25) is 5.02 Å². The van der Waals surface area contributed by atoms with E-state index in [0.717, 1.165) is 36.4 Å². The second-order valence-corrected chi connectivity index (χ2v) is 9.12. The van der Waals surface area contributed by atoms with Crippen LogP contribution in [-0.2, 0) is 4.79 Å². The molecule has 0 bridgehead atoms. The van der Waals surface area contributed by atoms with Gasteiger partial charge in [0.2, 0.25) is 5.91 Å². The molecule has 0 spiro atoms. The van der Waals surface area contributed by atoms with E-state index >= 15 is 0 Å². The molecule has 1 aliphatic rings. The number of halogens is 1. The Kier molecular flexibility index (Phi) is 7.37. The normalized spacial score (nSPS) is 16.2. The maximum atomic E-state index is 12.9. The molecule has 0 unspecified atom stereocenters. The number of ether oxygens (including phenoxy) is 1. The summed E-state index contributed by atoms with van der Waals surface area (Å²) >= 11 is 7.88. The summed E-state index contributed by atoms with van der Waals surface area (Å²) < 4.78 is 7.53. The van der Waals surface area contributed by atoms with Crippen molar-refractivity contribution in [3.63, 3.8) is 0 Å². The lowest BCUT2D eigenvalue weighted by Crippen LogP contribution is -2.42. The smallest absolute Gasteiger partial charge is 0.233 e. The Hall–Kier alpha value is -2.51. The van der Waals surface area contributed by atoms with Crippen molar-refractivity contribution in [2.24, 2.45) is 0 Å². The van der Waals surface area contributed by atoms with Crippen LogP contribution in [0.3, 0.4) is 0 Å². The van der Waals surface area contributed by atoms with Gasteiger partial charge in [-0.2, -0.15) is 0 Å². The molecule has 0 N–H and O–H groups in total. The molecular weight excluding hydrogens is 444 g/mol. The van der Waals surface area contributed by atoms with Crippen LogP contribution in [-0.4, -0.2) is 50.5 Å². The standard InChI is InChI=1S/C24H27ClN4O2S/c1-3-31-19-13-11-18(12-14-19)29-23(20-9-4-5-10-21(20)25)26-27-24(29)32-16-22(30)28-15-7-6-8-17(28)2/h4-5,9-14,17H,3,6-8,15-16H2,1-2H3/t17-/m0/s1. The number of nitrogens with zero attached hydrogens (tertiary/aromatic N) is 4. The number of hydrogen-bond donors (Lipinski definition) is 0. The molecule has 1 atom stereocenters. The molecule has 168 valence electrons. The van der Waals surface area contributed by atoms with Crippen LogP contribution in [0.1, 0.15) is 33.1 Å². The zero-order valence-corrected chi connectivity index (χ0v) is 19.9. The van der Waals surface area contributed by atoms with Gasteiger partial charge in [-0.1, -0.05) is 35.5 Å². The first-order chi connectivity index (χ1) is 15.6. The molecule has 1 amide bonds. The van der Waals surface area contributed by atoms with Gasteiger partial charge >= 0.3 is 0 Å². The Morgan fingerprint density at radius 3 is 2.66 bits per heavy atom. The van der Waals surface area contributed by atoms with Crippen LogP contribution in [0.15, 0.2) is 53.7 Å². The van der Waals surface area contributed by atoms with E-state index in [1.54, 1.807) is 0 Å². The SMILES string of the molecule is CCOc1ccc(-n2c(SCC(=O)N3CCCC[C@@H]3C)nnc2-c2ccccc2Cl)cc1. The van der Waals surface area contributed by atoms with E-state index in [1.807, 2.05) is 64.9 Å². The third-order valence-corrected chi connectivity index (χ3v) is 6.85. The van der Waals surface area contributed by atoms with Crippen LogP contribution < -0.4 is 4.74 Å². The molecule has 0 saturated carbocycles. The minimum atomic E-state index is 0.141. The van der Waals surface area contributed by atoms with Gasteiger partial charge < -0.3 is 9.64 Å². The first-order valence-electron chi connectivity index (χ1n) is 10.9. The zero-order chi connectivity index (χ0) is 22.5. The number of carbonyl (C=O) groups excluding carboxylic acids is 1. The average Bonchev–Trinajstić information content (AvgIpc) is 3.22. The lowest BCUT2D eigenvalue weighted by Gasteiger charge is -2.33. The van der Waals surface area contributed by atoms with Gasteiger partial charge in [0.25, 0.3) is 0 Å². The highest BCUT2D eigenvalue weighted by Gasteiger charge is 2.25. The highest BCUT2D eigenvalue weighted by Crippen LogP contribution is 2.32. The number of amides is 1. The summed E-state index contributed by atoms with van der Waals surface area (Å²) in [6.07, 6.45) is 3.32. The quantitative estimate of drug-likeness (QED) is 0.428. The number of rotatable bonds is 7. The number of hydrogen-bond acceptors (Lipinski definition) is 5. The number of benzene rings is 2. The van der Waals surface area contributed by atoms with Crippen molar-refractivity contribution in [2.45, 2.75) is 44.3 Å². The van der Waals surface area contributed by atoms with E-state index in [-0.39, 0.29) is 5.91 Å². The van der Waals surface area contributed by atoms with Gasteiger partial charge in [-0.15, -0.1) is 10.2 Å². The lowest BCUT2D eigenvalue weighted by atomic mass is 10.0. The van der Waals surface area contributed by atoms with Gasteiger partial charge in [0, 0.05) is 23.8 Å². The number of aromatic nitrogens is 3. The fourth-order valence-electron chi connectivity index (χ4n) is 3.95. The molecule has 2 aromatic carbocycles. The van der Waals surface area contributed by atoms with E-state index in [9.17, 15) is 4.79 Å². The first-order valence-corrected chi connectivity index (χ1v) is 12.3. The number of piperidine rings is 1. The van der Waals surface area contributed by atoms with Crippen molar-refractivity contribution >= 4 is 29.3 Å². The molecule has 8 heteroatoms. The molecule has 1 saturated heterocycles. The van der Waals surface area contributed by atoms with Crippen LogP contribution in [0.5, 0.6) is 5.75 Å². The van der Waals surface area contributed by atoms with Crippen LogP contribution >= 0.6 is 23.4 Å². The summed E-state index contributed by atoms with van der Waals surface area (Å²) in [6, 6.07) is 15.6. The van der Waals surface area contributed by atoms with Gasteiger partial charge in [0.15, 0.2) is 11.0 Å². The van der Waals surface area contributed by atoms with Gasteiger partial charge in [-0.3, -0.25) is 9.36 Å². The van der Waals surface area contributed by atoms with E-state index < -0.39 is 0 Å². The van der Waals surface area contributed by atoms with Crippen molar-refractivity contribution < 1.29 is 9.53 Å². The maximum Gasteiger partial charge on any atom is 0.233 e. The van der Waals surface area contributed by atoms with Gasteiger partial charge in [0.05, 0.1) is 17.4 Å². The number of carbonyl (C=O) groups is 1. The van der Waals surface area contributed by atoms with Crippen molar-refractivity contribution in [3.8, 4) is 22.8 Å². The Bertz CT molecular complexity index is 1070. The van der Waals surface area contributed by atoms with E-state index in [4.69, 9.17) is 16.3 Å². The maximum absolute atomic E-state index is 12.9. The summed E-state index contributed by atoms with van der Waals surface area (Å²) in [4.78, 5) is 14.9. The average molecular weight is 471 g/mol. The minimum Gasteiger partial charge on any atom is -0.494 e. The molecule has 4 rings (SSSR count). The minimum absolute atomic E-state index is 0.141. The first kappa shape index (κ1) is 22.7. The summed E-state index contributed by atoms with van der Waals surface area (Å²) in [5.41, 5.74) is 1.67. The Balaban J connectivity index is 1.65. The van der Waals surface area contributed by atoms with Crippen molar-refractivity contribution in [2.75, 3.05) is 18.9 Å². The summed E-state index contributed by atoms with van der Waals surface area (Å²) in [5, 5.41) is 10.1. The third-order valence-electron chi connectivity index (χ3n) is 5.60. The number of likely N-dealkylation sites (tertiary alicyclic amines) is 1. The zero-order valence-electron chi connectivity index (χ0n) is 18.3. The van der Waals surface area contributed by atoms with Crippen molar-refractivity contribution in [1.82, 2.24) is 19.7 Å². The van der Waals surface area contributed by atoms with E-state index in [1.165, 1.54) is 18.2 Å². The fourth-order valence-corrected chi connectivity index (χ4v) is 5.01. The molecule has 6 nitrogen and oxygen atoms in total. The molecule has 0 aliphatic carbocycles. The predicted octanol–water partition coefficient (Wildman–Crippen LogP) is 5.48. The van der Waals surface area contributed by atoms with Crippen LogP contribution in [0, 0.1) is 0 Å². The highest BCUT2D eigenvalue weighted by molar-refractivity contribution is 7.99. The van der Waals surface area contributed by atoms with Crippen molar-refractivity contribution in [1.29, 1.82) is 0 Å². The van der Waals surface area contributed by atoms with Gasteiger partial charge in [-0.05, 0) is 69.5 Å². The summed E-state index contributed by atoms with van der Waals surface area (Å²) in [6.45, 7) is 5.52. The molecule has 2 heterocycles. The third kappa shape index (κ3) is 4.94. The Morgan fingerprint density at radius 1 is 1.16 bits per heavy atom. The van der Waals surface area contributed by atoms with E-state index in [2.05, 4.69) is 17.1 Å². The second kappa shape index (κ2) is 10.4. The molecule has 0 radical (unpaired) electrons. The Morgan fingerprint density at radius 2 is 1.94 bits per heavy atom. The number of thioether (sulfide) groups is 1. The fraction of sp³-hybridized carbons (Fsp3) is 0.375. The molecular formula is C24H27ClN4O2S. The predicted molar refractivity (Wildman–Crippen MR) is 129 cm³/mol. The molecule has 1 fully saturated rings.